The normalized spacial score (nSPS) is 44.7. The molecule has 70 valence electrons. The second-order valence-electron chi connectivity index (χ2n) is 2.32. The van der Waals surface area contributed by atoms with Crippen LogP contribution in [0.3, 0.4) is 0 Å². The summed E-state index contributed by atoms with van der Waals surface area (Å²) in [6.45, 7) is 0. The van der Waals surface area contributed by atoms with Crippen molar-refractivity contribution in [1.82, 2.24) is 0 Å². The predicted molar refractivity (Wildman–Crippen MR) is 47.5 cm³/mol. The zero-order valence-corrected chi connectivity index (χ0v) is 10.7. The molecule has 0 radical (unpaired) electrons. The van der Waals surface area contributed by atoms with E-state index in [4.69, 9.17) is 46.4 Å². The number of halogens is 4. The predicted octanol–water partition coefficient (Wildman–Crippen LogP) is 3.02. The standard InChI is InChI=1S/C6H7Cl4.Pt/c7-3-1-2-4(8)6(10)5(3)9;/h1,3-6H,2H2;/q-1;. The fourth-order valence-electron chi connectivity index (χ4n) is 0.895. The minimum atomic E-state index is -0.236. The van der Waals surface area contributed by atoms with Gasteiger partial charge in [-0.2, -0.15) is 18.0 Å². The van der Waals surface area contributed by atoms with Gasteiger partial charge in [-0.25, -0.2) is 0 Å². The van der Waals surface area contributed by atoms with E-state index < -0.39 is 0 Å². The van der Waals surface area contributed by atoms with Crippen molar-refractivity contribution in [3.05, 3.63) is 6.42 Å². The summed E-state index contributed by atoms with van der Waals surface area (Å²) in [6, 6.07) is 0. The van der Waals surface area contributed by atoms with E-state index in [1.54, 1.807) is 0 Å². The maximum absolute atomic E-state index is 5.84. The third-order valence-electron chi connectivity index (χ3n) is 1.54. The Balaban J connectivity index is 0.000001000. The van der Waals surface area contributed by atoms with Crippen molar-refractivity contribution in [2.75, 3.05) is 0 Å². The molecule has 0 saturated heterocycles. The van der Waals surface area contributed by atoms with Gasteiger partial charge in [0, 0.05) is 31.8 Å². The second-order valence-corrected chi connectivity index (χ2v) is 4.39. The Kier molecular flexibility index (Phi) is 6.48. The van der Waals surface area contributed by atoms with Crippen LogP contribution in [0.2, 0.25) is 0 Å². The zero-order valence-electron chi connectivity index (χ0n) is 5.42. The van der Waals surface area contributed by atoms with Crippen molar-refractivity contribution in [3.8, 4) is 0 Å². The van der Waals surface area contributed by atoms with Crippen LogP contribution in [0.25, 0.3) is 0 Å². The maximum atomic E-state index is 5.84. The molecule has 0 aromatic heterocycles. The Bertz CT molecular complexity index is 107. The van der Waals surface area contributed by atoms with Crippen LogP contribution in [0, 0.1) is 6.42 Å². The first-order valence-electron chi connectivity index (χ1n) is 3.02. The van der Waals surface area contributed by atoms with Crippen molar-refractivity contribution >= 4 is 46.4 Å². The maximum Gasteiger partial charge on any atom is 0.0626 e. The second kappa shape index (κ2) is 5.55. The number of hydrogen-bond donors (Lipinski definition) is 0. The van der Waals surface area contributed by atoms with E-state index >= 15 is 0 Å². The smallest absolute Gasteiger partial charge is 0.0626 e. The minimum Gasteiger partial charge on any atom is -0.308 e. The summed E-state index contributed by atoms with van der Waals surface area (Å²) in [4.78, 5) is 0. The van der Waals surface area contributed by atoms with E-state index in [-0.39, 0.29) is 42.6 Å². The summed E-state index contributed by atoms with van der Waals surface area (Å²) < 4.78 is 0. The molecule has 0 bridgehead atoms. The molecule has 4 atom stereocenters. The first kappa shape index (κ1) is 12.8. The molecule has 0 nitrogen and oxygen atoms in total. The molecule has 0 aromatic carbocycles. The van der Waals surface area contributed by atoms with Crippen LogP contribution in [0.15, 0.2) is 0 Å². The topological polar surface area (TPSA) is 0 Å². The third-order valence-corrected chi connectivity index (χ3v) is 3.95. The van der Waals surface area contributed by atoms with Crippen LogP contribution in [0.1, 0.15) is 6.42 Å². The first-order valence-corrected chi connectivity index (χ1v) is 4.77. The molecule has 0 spiro atoms. The van der Waals surface area contributed by atoms with Crippen molar-refractivity contribution in [2.24, 2.45) is 0 Å². The fourth-order valence-corrected chi connectivity index (χ4v) is 2.10. The fraction of sp³-hybridized carbons (Fsp3) is 0.833. The van der Waals surface area contributed by atoms with Gasteiger partial charge in [-0.3, -0.25) is 0 Å². The van der Waals surface area contributed by atoms with Crippen molar-refractivity contribution in [2.45, 2.75) is 27.9 Å². The monoisotopic (exact) mass is 414 g/mol. The summed E-state index contributed by atoms with van der Waals surface area (Å²) in [5.41, 5.74) is 0. The van der Waals surface area contributed by atoms with Crippen molar-refractivity contribution in [1.29, 1.82) is 0 Å². The molecular weight excluding hydrogens is 409 g/mol. The van der Waals surface area contributed by atoms with E-state index in [9.17, 15) is 0 Å². The average molecular weight is 416 g/mol. The molecule has 1 aliphatic carbocycles. The third kappa shape index (κ3) is 3.23. The molecule has 0 aliphatic heterocycles. The quantitative estimate of drug-likeness (QED) is 0.421. The van der Waals surface area contributed by atoms with Gasteiger partial charge in [-0.05, 0) is 0 Å². The van der Waals surface area contributed by atoms with Crippen LogP contribution in [0.4, 0.5) is 0 Å². The molecule has 0 heterocycles. The summed E-state index contributed by atoms with van der Waals surface area (Å²) in [5.74, 6) is 0. The van der Waals surface area contributed by atoms with Gasteiger partial charge in [0.05, 0.1) is 5.38 Å². The van der Waals surface area contributed by atoms with Crippen LogP contribution >= 0.6 is 46.4 Å². The van der Waals surface area contributed by atoms with Crippen LogP contribution in [-0.2, 0) is 21.1 Å². The Morgan fingerprint density at radius 3 is 2.00 bits per heavy atom. The molecule has 1 rings (SSSR count). The van der Waals surface area contributed by atoms with E-state index in [1.807, 2.05) is 6.42 Å². The molecule has 1 fully saturated rings. The van der Waals surface area contributed by atoms with Gasteiger partial charge in [-0.15, -0.1) is 34.8 Å². The zero-order chi connectivity index (χ0) is 7.72. The van der Waals surface area contributed by atoms with Crippen LogP contribution in [-0.4, -0.2) is 21.5 Å². The van der Waals surface area contributed by atoms with Gasteiger partial charge < -0.3 is 6.42 Å². The van der Waals surface area contributed by atoms with Gasteiger partial charge in [0.1, 0.15) is 0 Å². The molecule has 0 amide bonds. The Hall–Kier alpha value is 1.85. The number of alkyl halides is 4. The molecule has 5 heteroatoms. The summed E-state index contributed by atoms with van der Waals surface area (Å²) in [7, 11) is 0. The Morgan fingerprint density at radius 1 is 1.00 bits per heavy atom. The van der Waals surface area contributed by atoms with Crippen LogP contribution in [0.5, 0.6) is 0 Å². The molecule has 1 aliphatic rings. The Labute approximate surface area is 101 Å². The Morgan fingerprint density at radius 2 is 1.55 bits per heavy atom. The van der Waals surface area contributed by atoms with E-state index in [0.717, 1.165) is 6.42 Å². The van der Waals surface area contributed by atoms with Crippen LogP contribution < -0.4 is 0 Å². The van der Waals surface area contributed by atoms with Gasteiger partial charge >= 0.3 is 0 Å². The van der Waals surface area contributed by atoms with Gasteiger partial charge in [0.25, 0.3) is 0 Å². The largest absolute Gasteiger partial charge is 0.308 e. The molecule has 1 saturated carbocycles. The van der Waals surface area contributed by atoms with Gasteiger partial charge in [-0.1, -0.05) is 5.38 Å². The SMILES string of the molecule is ClC1[CH-]CC(Cl)C(Cl)C1Cl.[Pt]. The number of rotatable bonds is 0. The first-order chi connectivity index (χ1) is 4.63. The van der Waals surface area contributed by atoms with E-state index in [0.29, 0.717) is 0 Å². The number of hydrogen-bond acceptors (Lipinski definition) is 0. The van der Waals surface area contributed by atoms with Crippen molar-refractivity contribution < 1.29 is 21.1 Å². The molecule has 11 heavy (non-hydrogen) atoms. The van der Waals surface area contributed by atoms with Gasteiger partial charge in [0.2, 0.25) is 0 Å². The molecule has 0 aromatic rings. The molecular formula is C6H7Cl4Pt-. The molecule has 0 N–H and O–H groups in total. The van der Waals surface area contributed by atoms with E-state index in [2.05, 4.69) is 0 Å². The summed E-state index contributed by atoms with van der Waals surface area (Å²) >= 11 is 23.3. The van der Waals surface area contributed by atoms with Crippen molar-refractivity contribution in [3.63, 3.8) is 0 Å². The summed E-state index contributed by atoms with van der Waals surface area (Å²) in [6.07, 6.45) is 2.64. The summed E-state index contributed by atoms with van der Waals surface area (Å²) in [5, 5.41) is -0.659. The van der Waals surface area contributed by atoms with E-state index in [1.165, 1.54) is 0 Å². The average Bonchev–Trinajstić information content (AvgIpc) is 1.93. The molecule has 4 unspecified atom stereocenters. The van der Waals surface area contributed by atoms with Gasteiger partial charge in [0.15, 0.2) is 0 Å². The minimum absolute atomic E-state index is 0.